The number of benzene rings is 1. The topological polar surface area (TPSA) is 126 Å². The molecule has 1 aromatic rings. The van der Waals surface area contributed by atoms with E-state index >= 15 is 0 Å². The fraction of sp³-hybridized carbons (Fsp3) is 0.562. The average Bonchev–Trinajstić information content (AvgIpc) is 2.92. The predicted octanol–water partition coefficient (Wildman–Crippen LogP) is 0.877. The number of nitrogens with two attached hydrogens (primary N) is 1. The molecule has 0 saturated carbocycles. The molecule has 0 spiro atoms. The van der Waals surface area contributed by atoms with E-state index in [1.807, 2.05) is 20.8 Å². The minimum Gasteiger partial charge on any atom is -0.379 e. The van der Waals surface area contributed by atoms with Crippen molar-refractivity contribution in [2.24, 2.45) is 10.7 Å². The Hall–Kier alpha value is -1.68. The second-order valence-corrected chi connectivity index (χ2v) is 7.34. The lowest BCUT2D eigenvalue weighted by Gasteiger charge is -2.08. The van der Waals surface area contributed by atoms with Crippen LogP contribution in [0.3, 0.4) is 0 Å². The fourth-order valence-electron chi connectivity index (χ4n) is 1.87. The van der Waals surface area contributed by atoms with Crippen molar-refractivity contribution in [3.05, 3.63) is 29.8 Å². The highest BCUT2D eigenvalue weighted by atomic mass is 32.2. The molecular formula is C16H28N4O4S. The van der Waals surface area contributed by atoms with Crippen molar-refractivity contribution in [1.29, 1.82) is 0 Å². The first-order chi connectivity index (χ1) is 11.7. The van der Waals surface area contributed by atoms with Gasteiger partial charge in [-0.05, 0) is 39.3 Å². The number of rotatable bonds is 6. The summed E-state index contributed by atoms with van der Waals surface area (Å²) in [6.45, 7) is 8.29. The molecule has 2 rings (SSSR count). The first-order valence-electron chi connectivity index (χ1n) is 8.15. The number of hydrogen-bond acceptors (Lipinski definition) is 7. The monoisotopic (exact) mass is 372 g/mol. The number of aryl methyl sites for hydroxylation is 1. The van der Waals surface area contributed by atoms with E-state index in [9.17, 15) is 8.42 Å². The van der Waals surface area contributed by atoms with Gasteiger partial charge in [0, 0.05) is 13.2 Å². The highest BCUT2D eigenvalue weighted by Gasteiger charge is 2.10. The molecule has 1 aliphatic heterocycles. The third-order valence-electron chi connectivity index (χ3n) is 3.16. The van der Waals surface area contributed by atoms with Crippen LogP contribution in [0.2, 0.25) is 0 Å². The minimum atomic E-state index is -4.02. The zero-order valence-corrected chi connectivity index (χ0v) is 15.7. The molecule has 1 aromatic carbocycles. The summed E-state index contributed by atoms with van der Waals surface area (Å²) in [6.07, 6.45) is 1.20. The average molecular weight is 372 g/mol. The number of nitrogens with zero attached hydrogens (tertiary/aromatic N) is 1. The first kappa shape index (κ1) is 21.4. The van der Waals surface area contributed by atoms with Crippen LogP contribution in [0.25, 0.3) is 0 Å². The molecule has 1 atom stereocenters. The summed E-state index contributed by atoms with van der Waals surface area (Å²) in [4.78, 5) is 4.09. The molecule has 0 aromatic heterocycles. The van der Waals surface area contributed by atoms with Crippen molar-refractivity contribution in [1.82, 2.24) is 10.6 Å². The van der Waals surface area contributed by atoms with E-state index in [1.54, 1.807) is 12.1 Å². The summed E-state index contributed by atoms with van der Waals surface area (Å²) in [7, 11) is -4.02. The number of nitrogens with one attached hydrogen (secondary N) is 2. The third kappa shape index (κ3) is 9.40. The summed E-state index contributed by atoms with van der Waals surface area (Å²) in [5, 5.41) is 6.24. The van der Waals surface area contributed by atoms with Crippen LogP contribution < -0.4 is 16.4 Å². The lowest BCUT2D eigenvalue weighted by atomic mass is 10.2. The van der Waals surface area contributed by atoms with Gasteiger partial charge in [0.1, 0.15) is 6.17 Å². The van der Waals surface area contributed by atoms with E-state index in [0.717, 1.165) is 37.6 Å². The van der Waals surface area contributed by atoms with Crippen molar-refractivity contribution in [3.63, 3.8) is 0 Å². The van der Waals surface area contributed by atoms with Crippen molar-refractivity contribution in [3.8, 4) is 0 Å². The van der Waals surface area contributed by atoms with E-state index in [1.165, 1.54) is 12.1 Å². The zero-order chi connectivity index (χ0) is 18.9. The Morgan fingerprint density at radius 3 is 2.52 bits per heavy atom. The van der Waals surface area contributed by atoms with Crippen LogP contribution in [0.15, 0.2) is 34.2 Å². The molecule has 9 heteroatoms. The normalized spacial score (nSPS) is 16.7. The van der Waals surface area contributed by atoms with E-state index in [-0.39, 0.29) is 11.1 Å². The van der Waals surface area contributed by atoms with Crippen LogP contribution in [0.1, 0.15) is 25.8 Å². The summed E-state index contributed by atoms with van der Waals surface area (Å²) in [6, 6.07) is 5.99. The molecule has 0 saturated heterocycles. The second-order valence-electron chi connectivity index (χ2n) is 5.91. The van der Waals surface area contributed by atoms with Gasteiger partial charge in [-0.2, -0.15) is 8.42 Å². The van der Waals surface area contributed by atoms with Crippen LogP contribution in [0.4, 0.5) is 0 Å². The van der Waals surface area contributed by atoms with Gasteiger partial charge in [-0.1, -0.05) is 17.7 Å². The van der Waals surface area contributed by atoms with E-state index < -0.39 is 10.1 Å². The standard InChI is InChI=1S/C9H20N4O.C7H8O3S/c1-7(2)14-5-3-4-11-9-12-6-8(10)13-9;1-6-2-4-7(5-3-6)11(8,9)10/h7-8H,3-6,10H2,1-2H3,(H2,11,12,13);2-5H,1H3,(H,8,9,10). The summed E-state index contributed by atoms with van der Waals surface area (Å²) in [5.74, 6) is 0.807. The SMILES string of the molecule is CC(C)OCCCNC1=NC(N)CN1.Cc1ccc(S(=O)(=O)O)cc1. The van der Waals surface area contributed by atoms with Gasteiger partial charge in [-0.25, -0.2) is 4.99 Å². The molecule has 8 nitrogen and oxygen atoms in total. The maximum atomic E-state index is 10.5. The lowest BCUT2D eigenvalue weighted by Crippen LogP contribution is -2.35. The van der Waals surface area contributed by atoms with Gasteiger partial charge in [0.2, 0.25) is 0 Å². The molecule has 0 amide bonds. The molecule has 0 bridgehead atoms. The maximum Gasteiger partial charge on any atom is 0.294 e. The van der Waals surface area contributed by atoms with Crippen LogP contribution in [0.5, 0.6) is 0 Å². The molecular weight excluding hydrogens is 344 g/mol. The highest BCUT2D eigenvalue weighted by molar-refractivity contribution is 7.85. The number of hydrogen-bond donors (Lipinski definition) is 4. The van der Waals surface area contributed by atoms with Gasteiger partial charge in [0.15, 0.2) is 5.96 Å². The van der Waals surface area contributed by atoms with Crippen LogP contribution in [-0.4, -0.2) is 50.9 Å². The summed E-state index contributed by atoms with van der Waals surface area (Å²) >= 11 is 0. The molecule has 1 unspecified atom stereocenters. The van der Waals surface area contributed by atoms with E-state index in [2.05, 4.69) is 15.6 Å². The highest BCUT2D eigenvalue weighted by Crippen LogP contribution is 2.08. The van der Waals surface area contributed by atoms with E-state index in [4.69, 9.17) is 15.0 Å². The zero-order valence-electron chi connectivity index (χ0n) is 14.9. The molecule has 142 valence electrons. The number of guanidine groups is 1. The van der Waals surface area contributed by atoms with Gasteiger partial charge in [-0.3, -0.25) is 4.55 Å². The predicted molar refractivity (Wildman–Crippen MR) is 98.1 cm³/mol. The van der Waals surface area contributed by atoms with Gasteiger partial charge in [0.25, 0.3) is 10.1 Å². The number of ether oxygens (including phenoxy) is 1. The Labute approximate surface area is 149 Å². The quantitative estimate of drug-likeness (QED) is 0.431. The van der Waals surface area contributed by atoms with Crippen molar-refractivity contribution >= 4 is 16.1 Å². The molecule has 0 aliphatic carbocycles. The third-order valence-corrected chi connectivity index (χ3v) is 4.03. The Bertz CT molecular complexity index is 645. The van der Waals surface area contributed by atoms with Gasteiger partial charge in [0.05, 0.1) is 17.5 Å². The number of aliphatic imine (C=N–C) groups is 1. The molecule has 25 heavy (non-hydrogen) atoms. The van der Waals surface area contributed by atoms with Crippen LogP contribution in [-0.2, 0) is 14.9 Å². The largest absolute Gasteiger partial charge is 0.379 e. The van der Waals surface area contributed by atoms with Crippen molar-refractivity contribution in [2.75, 3.05) is 19.7 Å². The van der Waals surface area contributed by atoms with Crippen molar-refractivity contribution in [2.45, 2.75) is 44.4 Å². The molecule has 5 N–H and O–H groups in total. The van der Waals surface area contributed by atoms with Gasteiger partial charge >= 0.3 is 0 Å². The first-order valence-corrected chi connectivity index (χ1v) is 9.59. The molecule has 0 radical (unpaired) electrons. The summed E-state index contributed by atoms with van der Waals surface area (Å²) in [5.41, 5.74) is 6.54. The summed E-state index contributed by atoms with van der Waals surface area (Å²) < 4.78 is 35.0. The Morgan fingerprint density at radius 1 is 1.40 bits per heavy atom. The molecule has 1 heterocycles. The van der Waals surface area contributed by atoms with E-state index in [0.29, 0.717) is 6.10 Å². The van der Waals surface area contributed by atoms with Gasteiger partial charge in [-0.15, -0.1) is 0 Å². The fourth-order valence-corrected chi connectivity index (χ4v) is 2.35. The Kier molecular flexibility index (Phi) is 8.84. The Morgan fingerprint density at radius 2 is 2.04 bits per heavy atom. The Balaban J connectivity index is 0.000000257. The molecule has 1 aliphatic rings. The molecule has 0 fully saturated rings. The lowest BCUT2D eigenvalue weighted by molar-refractivity contribution is 0.0776. The van der Waals surface area contributed by atoms with Gasteiger partial charge < -0.3 is 21.1 Å². The maximum absolute atomic E-state index is 10.5. The smallest absolute Gasteiger partial charge is 0.294 e. The van der Waals surface area contributed by atoms with Crippen LogP contribution >= 0.6 is 0 Å². The second kappa shape index (κ2) is 10.3. The van der Waals surface area contributed by atoms with Crippen LogP contribution in [0, 0.1) is 6.92 Å². The van der Waals surface area contributed by atoms with Crippen molar-refractivity contribution < 1.29 is 17.7 Å². The minimum absolute atomic E-state index is 0.0666.